The van der Waals surface area contributed by atoms with Gasteiger partial charge in [-0.15, -0.1) is 11.8 Å². The number of rotatable bonds is 5. The molecule has 2 heterocycles. The molecule has 3 atom stereocenters. The molecule has 0 aliphatic carbocycles. The van der Waals surface area contributed by atoms with E-state index in [1.54, 1.807) is 11.8 Å². The summed E-state index contributed by atoms with van der Waals surface area (Å²) in [4.78, 5) is 14.6. The number of benzene rings is 1. The lowest BCUT2D eigenvalue weighted by Gasteiger charge is -2.35. The third kappa shape index (κ3) is 4.72. The molecule has 0 radical (unpaired) electrons. The van der Waals surface area contributed by atoms with E-state index < -0.39 is 0 Å². The Labute approximate surface area is 148 Å². The summed E-state index contributed by atoms with van der Waals surface area (Å²) in [7, 11) is 0. The second-order valence-corrected chi connectivity index (χ2v) is 7.74. The zero-order valence-corrected chi connectivity index (χ0v) is 15.3. The molecule has 2 aliphatic heterocycles. The molecular weight excluding hydrogens is 322 g/mol. The molecule has 24 heavy (non-hydrogen) atoms. The van der Waals surface area contributed by atoms with Crippen LogP contribution in [0.15, 0.2) is 24.3 Å². The molecule has 1 amide bonds. The van der Waals surface area contributed by atoms with Gasteiger partial charge in [-0.3, -0.25) is 15.0 Å². The van der Waals surface area contributed by atoms with E-state index in [4.69, 9.17) is 4.74 Å². The predicted octanol–water partition coefficient (Wildman–Crippen LogP) is 1.57. The van der Waals surface area contributed by atoms with Crippen molar-refractivity contribution in [1.29, 1.82) is 0 Å². The Bertz CT molecular complexity index is 553. The Balaban J connectivity index is 1.59. The first-order valence-corrected chi connectivity index (χ1v) is 9.80. The van der Waals surface area contributed by atoms with Crippen molar-refractivity contribution in [3.05, 3.63) is 35.4 Å². The molecule has 3 rings (SSSR count). The summed E-state index contributed by atoms with van der Waals surface area (Å²) < 4.78 is 5.81. The highest BCUT2D eigenvalue weighted by Gasteiger charge is 2.24. The van der Waals surface area contributed by atoms with Crippen LogP contribution in [-0.4, -0.2) is 53.8 Å². The first-order valence-electron chi connectivity index (χ1n) is 8.65. The van der Waals surface area contributed by atoms with Crippen molar-refractivity contribution in [1.82, 2.24) is 15.5 Å². The maximum Gasteiger partial charge on any atom is 0.238 e. The standard InChI is InChI=1S/C18H27N3O2S/c1-13-8-21(9-14(2)23-13)10-16-6-4-3-5-15(16)7-19-18(22)17-11-24-12-20-17/h3-6,13-14,17,20H,7-12H2,1-2H3,(H,19,22)/t13-,14+,17-/m1/s1. The number of morpholine rings is 1. The topological polar surface area (TPSA) is 53.6 Å². The first kappa shape index (κ1) is 17.7. The Morgan fingerprint density at radius 3 is 2.67 bits per heavy atom. The highest BCUT2D eigenvalue weighted by Crippen LogP contribution is 2.17. The highest BCUT2D eigenvalue weighted by atomic mass is 32.2. The van der Waals surface area contributed by atoms with Crippen LogP contribution < -0.4 is 10.6 Å². The minimum Gasteiger partial charge on any atom is -0.373 e. The molecule has 0 unspecified atom stereocenters. The summed E-state index contributed by atoms with van der Waals surface area (Å²) >= 11 is 1.77. The molecule has 1 aromatic carbocycles. The minimum atomic E-state index is -0.0527. The molecule has 2 N–H and O–H groups in total. The van der Waals surface area contributed by atoms with Crippen LogP contribution in [-0.2, 0) is 22.6 Å². The number of hydrogen-bond donors (Lipinski definition) is 2. The molecule has 1 aromatic rings. The van der Waals surface area contributed by atoms with Crippen LogP contribution in [0.1, 0.15) is 25.0 Å². The third-order valence-corrected chi connectivity index (χ3v) is 5.43. The van der Waals surface area contributed by atoms with Crippen molar-refractivity contribution < 1.29 is 9.53 Å². The van der Waals surface area contributed by atoms with E-state index in [1.165, 1.54) is 11.1 Å². The van der Waals surface area contributed by atoms with Gasteiger partial charge in [0.2, 0.25) is 5.91 Å². The Morgan fingerprint density at radius 1 is 1.29 bits per heavy atom. The van der Waals surface area contributed by atoms with Crippen molar-refractivity contribution in [2.24, 2.45) is 0 Å². The highest BCUT2D eigenvalue weighted by molar-refractivity contribution is 7.99. The summed E-state index contributed by atoms with van der Waals surface area (Å²) in [6.45, 7) is 7.65. The Hall–Kier alpha value is -1.08. The van der Waals surface area contributed by atoms with Gasteiger partial charge in [0.25, 0.3) is 0 Å². The zero-order valence-electron chi connectivity index (χ0n) is 14.5. The van der Waals surface area contributed by atoms with Gasteiger partial charge in [-0.05, 0) is 25.0 Å². The number of thioether (sulfide) groups is 1. The lowest BCUT2D eigenvalue weighted by Crippen LogP contribution is -2.45. The number of nitrogens with one attached hydrogen (secondary N) is 2. The average molecular weight is 350 g/mol. The molecule has 132 valence electrons. The van der Waals surface area contributed by atoms with Gasteiger partial charge in [0, 0.05) is 37.8 Å². The predicted molar refractivity (Wildman–Crippen MR) is 97.8 cm³/mol. The first-order chi connectivity index (χ1) is 11.6. The number of carbonyl (C=O) groups excluding carboxylic acids is 1. The second kappa shape index (κ2) is 8.34. The molecule has 0 bridgehead atoms. The molecule has 5 nitrogen and oxygen atoms in total. The fourth-order valence-corrected chi connectivity index (χ4v) is 4.35. The van der Waals surface area contributed by atoms with Crippen molar-refractivity contribution >= 4 is 17.7 Å². The fourth-order valence-electron chi connectivity index (χ4n) is 3.41. The van der Waals surface area contributed by atoms with E-state index in [0.29, 0.717) is 6.54 Å². The number of carbonyl (C=O) groups is 1. The van der Waals surface area contributed by atoms with Crippen LogP contribution >= 0.6 is 11.8 Å². The van der Waals surface area contributed by atoms with Crippen LogP contribution in [0.4, 0.5) is 0 Å². The van der Waals surface area contributed by atoms with E-state index in [1.807, 2.05) is 6.07 Å². The summed E-state index contributed by atoms with van der Waals surface area (Å²) in [5.74, 6) is 1.82. The van der Waals surface area contributed by atoms with Crippen LogP contribution in [0.2, 0.25) is 0 Å². The van der Waals surface area contributed by atoms with Gasteiger partial charge in [-0.25, -0.2) is 0 Å². The molecule has 0 saturated carbocycles. The summed E-state index contributed by atoms with van der Waals surface area (Å²) in [6, 6.07) is 8.33. The van der Waals surface area contributed by atoms with Crippen LogP contribution in [0.25, 0.3) is 0 Å². The lowest BCUT2D eigenvalue weighted by molar-refractivity contribution is -0.122. The zero-order chi connectivity index (χ0) is 16.9. The normalized spacial score (nSPS) is 28.0. The quantitative estimate of drug-likeness (QED) is 0.845. The monoisotopic (exact) mass is 349 g/mol. The van der Waals surface area contributed by atoms with Crippen molar-refractivity contribution in [3.63, 3.8) is 0 Å². The van der Waals surface area contributed by atoms with Gasteiger partial charge in [0.15, 0.2) is 0 Å². The van der Waals surface area contributed by atoms with Gasteiger partial charge in [-0.2, -0.15) is 0 Å². The number of nitrogens with zero attached hydrogens (tertiary/aromatic N) is 1. The summed E-state index contributed by atoms with van der Waals surface area (Å²) in [6.07, 6.45) is 0.540. The third-order valence-electron chi connectivity index (χ3n) is 4.49. The maximum absolute atomic E-state index is 12.2. The van der Waals surface area contributed by atoms with Gasteiger partial charge in [0.05, 0.1) is 18.2 Å². The van der Waals surface area contributed by atoms with E-state index in [0.717, 1.165) is 31.3 Å². The SMILES string of the molecule is C[C@@H]1CN(Cc2ccccc2CNC(=O)[C@H]2CSCN2)C[C@H](C)O1. The van der Waals surface area contributed by atoms with E-state index in [2.05, 4.69) is 47.6 Å². The molecule has 2 fully saturated rings. The van der Waals surface area contributed by atoms with Crippen molar-refractivity contribution in [2.45, 2.75) is 45.2 Å². The van der Waals surface area contributed by atoms with Crippen molar-refractivity contribution in [3.8, 4) is 0 Å². The molecule has 2 aliphatic rings. The van der Waals surface area contributed by atoms with Gasteiger partial charge < -0.3 is 10.1 Å². The van der Waals surface area contributed by atoms with E-state index >= 15 is 0 Å². The molecular formula is C18H27N3O2S. The molecule has 6 heteroatoms. The van der Waals surface area contributed by atoms with Crippen molar-refractivity contribution in [2.75, 3.05) is 24.7 Å². The van der Waals surface area contributed by atoms with Crippen LogP contribution in [0.5, 0.6) is 0 Å². The van der Waals surface area contributed by atoms with Gasteiger partial charge in [-0.1, -0.05) is 24.3 Å². The number of amides is 1. The molecule has 0 spiro atoms. The fraction of sp³-hybridized carbons (Fsp3) is 0.611. The van der Waals surface area contributed by atoms with Crippen LogP contribution in [0.3, 0.4) is 0 Å². The summed E-state index contributed by atoms with van der Waals surface area (Å²) in [5, 5.41) is 6.29. The minimum absolute atomic E-state index is 0.0527. The van der Waals surface area contributed by atoms with E-state index in [9.17, 15) is 4.79 Å². The molecule has 2 saturated heterocycles. The second-order valence-electron chi connectivity index (χ2n) is 6.71. The van der Waals surface area contributed by atoms with E-state index in [-0.39, 0.29) is 24.2 Å². The smallest absolute Gasteiger partial charge is 0.238 e. The van der Waals surface area contributed by atoms with Gasteiger partial charge in [0.1, 0.15) is 0 Å². The number of ether oxygens (including phenoxy) is 1. The average Bonchev–Trinajstić information content (AvgIpc) is 3.07. The maximum atomic E-state index is 12.2. The Kier molecular flexibility index (Phi) is 6.16. The lowest BCUT2D eigenvalue weighted by atomic mass is 10.1. The molecule has 0 aromatic heterocycles. The van der Waals surface area contributed by atoms with Gasteiger partial charge >= 0.3 is 0 Å². The Morgan fingerprint density at radius 2 is 2.00 bits per heavy atom. The van der Waals surface area contributed by atoms with Crippen LogP contribution in [0, 0.1) is 0 Å². The number of hydrogen-bond acceptors (Lipinski definition) is 5. The summed E-state index contributed by atoms with van der Waals surface area (Å²) in [5.41, 5.74) is 2.48. The largest absolute Gasteiger partial charge is 0.373 e.